The van der Waals surface area contributed by atoms with Crippen molar-refractivity contribution in [2.45, 2.75) is 138 Å². The third kappa shape index (κ3) is 18.4. The molecule has 4 nitrogen and oxygen atoms in total. The molecule has 0 radical (unpaired) electrons. The highest BCUT2D eigenvalue weighted by atomic mass is 14.9. The van der Waals surface area contributed by atoms with Crippen molar-refractivity contribution in [1.82, 2.24) is 0 Å². The van der Waals surface area contributed by atoms with Crippen LogP contribution in [0.3, 0.4) is 0 Å². The van der Waals surface area contributed by atoms with Gasteiger partial charge in [0.2, 0.25) is 22.8 Å². The van der Waals surface area contributed by atoms with E-state index in [1.807, 2.05) is 0 Å². The Morgan fingerprint density at radius 3 is 0.775 bits per heavy atom. The van der Waals surface area contributed by atoms with E-state index in [2.05, 4.69) is 477 Å². The molecule has 4 heteroatoms. The SMILES string of the molecule is Cc1c[n+](C)c(-c2cc(-c3ccccc3C)c(C)cc2C)cc1-c1ccccc1.Cc1cc(C)c(-c2cc[n+](C)c(-c3cc(-c4ccccc4C)c(C)cc3C)c2)c(C)c1.Cc1ccc(-c2cc[n+](C)c(-c3cc(-c4ccccc4C)c(C)cc3C)c2)c(C)c1.Cc1ccccc1-c1cc(-c2cc(-c3ccccc3C)c(C)c[n+]2C)c(C)cc1C. The van der Waals surface area contributed by atoms with E-state index in [1.54, 1.807) is 0 Å². The van der Waals surface area contributed by atoms with Gasteiger partial charge in [-0.3, -0.25) is 0 Å². The summed E-state index contributed by atoms with van der Waals surface area (Å²) in [6.45, 7) is 44.0. The molecule has 0 aliphatic carbocycles. The van der Waals surface area contributed by atoms with Gasteiger partial charge in [0.05, 0.1) is 0 Å². The minimum Gasteiger partial charge on any atom is -0.201 e. The summed E-state index contributed by atoms with van der Waals surface area (Å²) in [5, 5.41) is 0. The fourth-order valence-corrected chi connectivity index (χ4v) is 18.1. The zero-order chi connectivity index (χ0) is 85.7. The first kappa shape index (κ1) is 85.1. The average molecular weight is 1570 g/mol. The molecule has 16 rings (SSSR count). The molecule has 0 fully saturated rings. The van der Waals surface area contributed by atoms with Gasteiger partial charge in [0.1, 0.15) is 28.2 Å². The summed E-state index contributed by atoms with van der Waals surface area (Å²) < 4.78 is 8.98. The van der Waals surface area contributed by atoms with Crippen LogP contribution in [-0.2, 0) is 28.2 Å². The normalized spacial score (nSPS) is 11.0. The number of aryl methyl sites for hydroxylation is 24. The van der Waals surface area contributed by atoms with E-state index in [1.165, 1.54) is 245 Å². The minimum atomic E-state index is 1.24. The molecule has 0 amide bonds. The van der Waals surface area contributed by atoms with E-state index in [-0.39, 0.29) is 0 Å². The van der Waals surface area contributed by atoms with E-state index in [9.17, 15) is 0 Å². The molecule has 0 aliphatic rings. The zero-order valence-corrected chi connectivity index (χ0v) is 75.5. The van der Waals surface area contributed by atoms with Crippen LogP contribution in [0.2, 0.25) is 0 Å². The van der Waals surface area contributed by atoms with E-state index in [0.29, 0.717) is 0 Å². The van der Waals surface area contributed by atoms with Crippen molar-refractivity contribution < 1.29 is 18.3 Å². The van der Waals surface area contributed by atoms with Crippen LogP contribution in [0.1, 0.15) is 111 Å². The van der Waals surface area contributed by atoms with Crippen LogP contribution in [0.4, 0.5) is 0 Å². The molecule has 0 aliphatic heterocycles. The molecule has 0 saturated heterocycles. The fraction of sp³-hybridized carbons (Fsp3) is 0.207. The number of hydrogen-bond donors (Lipinski definition) is 0. The Morgan fingerprint density at radius 2 is 0.425 bits per heavy atom. The van der Waals surface area contributed by atoms with E-state index >= 15 is 0 Å². The van der Waals surface area contributed by atoms with Crippen molar-refractivity contribution in [2.24, 2.45) is 28.2 Å². The van der Waals surface area contributed by atoms with Crippen molar-refractivity contribution >= 4 is 0 Å². The molecule has 120 heavy (non-hydrogen) atoms. The van der Waals surface area contributed by atoms with Crippen molar-refractivity contribution in [2.75, 3.05) is 0 Å². The summed E-state index contributed by atoms with van der Waals surface area (Å²) in [5.41, 5.74) is 57.1. The van der Waals surface area contributed by atoms with Gasteiger partial charge < -0.3 is 0 Å². The van der Waals surface area contributed by atoms with Gasteiger partial charge in [-0.1, -0.05) is 217 Å². The molecular weight excluding hydrogens is 1450 g/mol. The molecule has 4 heterocycles. The van der Waals surface area contributed by atoms with Gasteiger partial charge in [-0.15, -0.1) is 0 Å². The van der Waals surface area contributed by atoms with E-state index < -0.39 is 0 Å². The first-order valence-electron chi connectivity index (χ1n) is 42.4. The molecule has 0 unspecified atom stereocenters. The van der Waals surface area contributed by atoms with Crippen molar-refractivity contribution in [3.05, 3.63) is 403 Å². The maximum atomic E-state index is 2.38. The van der Waals surface area contributed by atoms with Crippen LogP contribution in [0.25, 0.3) is 134 Å². The molecule has 600 valence electrons. The van der Waals surface area contributed by atoms with Gasteiger partial charge in [0.15, 0.2) is 24.8 Å². The number of pyridine rings is 4. The summed E-state index contributed by atoms with van der Waals surface area (Å²) in [5.74, 6) is 0. The zero-order valence-electron chi connectivity index (χ0n) is 75.5. The van der Waals surface area contributed by atoms with Crippen molar-refractivity contribution in [3.63, 3.8) is 0 Å². The maximum absolute atomic E-state index is 2.38. The summed E-state index contributed by atoms with van der Waals surface area (Å²) in [6.07, 6.45) is 8.86. The van der Waals surface area contributed by atoms with Crippen molar-refractivity contribution in [3.8, 4) is 134 Å². The Kier molecular flexibility index (Phi) is 26.0. The number of aromatic nitrogens is 4. The minimum absolute atomic E-state index is 1.24. The lowest BCUT2D eigenvalue weighted by Gasteiger charge is -2.15. The quantitative estimate of drug-likeness (QED) is 0.108. The first-order chi connectivity index (χ1) is 57.4. The number of rotatable bonds is 12. The van der Waals surface area contributed by atoms with Gasteiger partial charge >= 0.3 is 0 Å². The third-order valence-electron chi connectivity index (χ3n) is 24.6. The van der Waals surface area contributed by atoms with Crippen LogP contribution in [0.5, 0.6) is 0 Å². The molecule has 0 N–H and O–H groups in total. The van der Waals surface area contributed by atoms with Gasteiger partial charge in [0, 0.05) is 69.8 Å². The molecule has 16 aromatic rings. The van der Waals surface area contributed by atoms with Crippen LogP contribution in [-0.4, -0.2) is 0 Å². The smallest absolute Gasteiger partial charge is 0.201 e. The second-order valence-corrected chi connectivity index (χ2v) is 34.0. The molecule has 4 aromatic heterocycles. The number of benzene rings is 12. The monoisotopic (exact) mass is 1570 g/mol. The fourth-order valence-electron chi connectivity index (χ4n) is 18.1. The predicted molar refractivity (Wildman–Crippen MR) is 510 cm³/mol. The predicted octanol–water partition coefficient (Wildman–Crippen LogP) is 28.2. The van der Waals surface area contributed by atoms with Crippen molar-refractivity contribution in [1.29, 1.82) is 0 Å². The average Bonchev–Trinajstić information content (AvgIpc) is 0.786. The molecule has 0 atom stereocenters. The van der Waals surface area contributed by atoms with E-state index in [0.717, 1.165) is 0 Å². The summed E-state index contributed by atoms with van der Waals surface area (Å²) in [7, 11) is 8.56. The molecule has 0 bridgehead atoms. The van der Waals surface area contributed by atoms with Crippen LogP contribution in [0.15, 0.2) is 292 Å². The van der Waals surface area contributed by atoms with Gasteiger partial charge in [-0.25, -0.2) is 18.3 Å². The Balaban J connectivity index is 0.000000138. The van der Waals surface area contributed by atoms with Gasteiger partial charge in [0.25, 0.3) is 0 Å². The number of hydrogen-bond acceptors (Lipinski definition) is 0. The molecular formula is C116H120N4+4. The van der Waals surface area contributed by atoms with E-state index in [4.69, 9.17) is 0 Å². The highest BCUT2D eigenvalue weighted by Crippen LogP contribution is 2.41. The summed E-state index contributed by atoms with van der Waals surface area (Å²) in [4.78, 5) is 0. The van der Waals surface area contributed by atoms with Crippen LogP contribution < -0.4 is 18.3 Å². The Labute approximate surface area is 717 Å². The highest BCUT2D eigenvalue weighted by Gasteiger charge is 2.25. The first-order valence-corrected chi connectivity index (χ1v) is 42.4. The lowest BCUT2D eigenvalue weighted by molar-refractivity contribution is -0.660. The number of nitrogens with zero attached hydrogens (tertiary/aromatic N) is 4. The second kappa shape index (κ2) is 36.6. The summed E-state index contributed by atoms with van der Waals surface area (Å²) in [6, 6.07) is 97.8. The lowest BCUT2D eigenvalue weighted by Crippen LogP contribution is -2.31. The molecule has 0 saturated carbocycles. The summed E-state index contributed by atoms with van der Waals surface area (Å²) >= 11 is 0. The topological polar surface area (TPSA) is 15.5 Å². The maximum Gasteiger partial charge on any atom is 0.213 e. The van der Waals surface area contributed by atoms with Gasteiger partial charge in [-0.2, -0.15) is 0 Å². The van der Waals surface area contributed by atoms with Crippen LogP contribution in [0, 0.1) is 138 Å². The Morgan fingerprint density at radius 1 is 0.150 bits per heavy atom. The Bertz CT molecular complexity index is 6440. The largest absolute Gasteiger partial charge is 0.213 e. The van der Waals surface area contributed by atoms with Crippen LogP contribution >= 0.6 is 0 Å². The van der Waals surface area contributed by atoms with Gasteiger partial charge in [-0.05, 0) is 341 Å². The standard InChI is InChI=1S/C30H32N.2C29H30N.C28H28N/c1-19-14-23(5)30(24(6)15-19)25-12-13-31(7)29(17-25)28-18-27(21(3)16-22(28)4)26-11-9-8-10-20(26)2;1-19-11-7-9-13-24(19)26-16-28(22(4)15-21(26)3)29-17-27(23(5)18-30(29)6)25-14-10-8-12-20(25)2;1-19-11-12-25(21(3)15-19)24-13-14-30(6)29(17-24)28-18-27(22(4)16-23(28)5)26-10-8-7-9-20(26)2;1-19-11-9-10-14-24(19)26-16-27(21(3)15-20(26)2)28-17-25(22(4)18-29(28)5)23-12-7-6-8-13-23/h8-18H,1-7H3;2*7-18H,1-6H3;6-18H,1-5H3/q4*+1. The Hall–Kier alpha value is -12.8. The lowest BCUT2D eigenvalue weighted by atomic mass is 9.90. The molecule has 0 spiro atoms. The third-order valence-corrected chi connectivity index (χ3v) is 24.6. The molecule has 12 aromatic carbocycles. The highest BCUT2D eigenvalue weighted by molar-refractivity contribution is 5.85. The second-order valence-electron chi connectivity index (χ2n) is 34.0.